The van der Waals surface area contributed by atoms with Gasteiger partial charge in [-0.2, -0.15) is 0 Å². The second kappa shape index (κ2) is 9.46. The van der Waals surface area contributed by atoms with Crippen molar-refractivity contribution in [2.45, 2.75) is 51.3 Å². The summed E-state index contributed by atoms with van der Waals surface area (Å²) in [6.07, 6.45) is 0.201. The molecule has 2 aliphatic heterocycles. The first-order chi connectivity index (χ1) is 16.2. The zero-order valence-corrected chi connectivity index (χ0v) is 20.0. The molecule has 0 saturated carbocycles. The molecule has 3 amide bonds. The third kappa shape index (κ3) is 4.77. The topological polar surface area (TPSA) is 88.2 Å². The van der Waals surface area contributed by atoms with Gasteiger partial charge in [0.25, 0.3) is 0 Å². The van der Waals surface area contributed by atoms with E-state index in [0.717, 1.165) is 16.8 Å². The Hall–Kier alpha value is -3.39. The summed E-state index contributed by atoms with van der Waals surface area (Å²) < 4.78 is 10.8. The number of benzene rings is 2. The maximum atomic E-state index is 13.3. The average molecular weight is 466 g/mol. The van der Waals surface area contributed by atoms with Crippen LogP contribution < -0.4 is 15.1 Å². The van der Waals surface area contributed by atoms with E-state index in [1.54, 1.807) is 33.9 Å². The Labute approximate surface area is 199 Å². The van der Waals surface area contributed by atoms with Crippen LogP contribution in [0, 0.1) is 0 Å². The number of rotatable bonds is 5. The number of para-hydroxylation sites is 2. The van der Waals surface area contributed by atoms with Gasteiger partial charge in [-0.25, -0.2) is 4.79 Å². The van der Waals surface area contributed by atoms with E-state index in [4.69, 9.17) is 9.47 Å². The number of carbonyl (C=O) groups is 3. The molecule has 34 heavy (non-hydrogen) atoms. The second-order valence-corrected chi connectivity index (χ2v) is 9.59. The van der Waals surface area contributed by atoms with Crippen molar-refractivity contribution >= 4 is 29.3 Å². The van der Waals surface area contributed by atoms with Gasteiger partial charge in [0, 0.05) is 32.2 Å². The number of nitrogens with one attached hydrogen (secondary N) is 1. The summed E-state index contributed by atoms with van der Waals surface area (Å²) in [5, 5.41) is 2.58. The van der Waals surface area contributed by atoms with Gasteiger partial charge in [-0.15, -0.1) is 0 Å². The Kier molecular flexibility index (Phi) is 6.61. The van der Waals surface area contributed by atoms with Crippen molar-refractivity contribution in [2.24, 2.45) is 0 Å². The number of anilines is 2. The first kappa shape index (κ1) is 23.8. The van der Waals surface area contributed by atoms with Crippen LogP contribution in [0.5, 0.6) is 0 Å². The lowest BCUT2D eigenvalue weighted by molar-refractivity contribution is -0.131. The summed E-state index contributed by atoms with van der Waals surface area (Å²) in [6, 6.07) is 13.8. The number of amides is 3. The molecule has 8 nitrogen and oxygen atoms in total. The van der Waals surface area contributed by atoms with Gasteiger partial charge < -0.3 is 14.4 Å². The lowest BCUT2D eigenvalue weighted by Crippen LogP contribution is -2.54. The zero-order valence-electron chi connectivity index (χ0n) is 20.0. The van der Waals surface area contributed by atoms with Crippen molar-refractivity contribution in [2.75, 3.05) is 30.1 Å². The lowest BCUT2D eigenvalue weighted by Gasteiger charge is -2.29. The van der Waals surface area contributed by atoms with E-state index >= 15 is 0 Å². The third-order valence-corrected chi connectivity index (χ3v) is 6.04. The van der Waals surface area contributed by atoms with Crippen LogP contribution in [0.1, 0.15) is 31.9 Å². The maximum Gasteiger partial charge on any atom is 0.415 e. The summed E-state index contributed by atoms with van der Waals surface area (Å²) in [5.41, 5.74) is 2.78. The SMILES string of the molecule is COCCN1c2ccccc2C[C@H]1C(=O)NC(=O)[C@@H]1Cc2ccccc2N1C(=O)OC(C)(C)C. The van der Waals surface area contributed by atoms with Gasteiger partial charge in [0.15, 0.2) is 0 Å². The Bertz CT molecular complexity index is 1090. The number of nitrogens with zero attached hydrogens (tertiary/aromatic N) is 2. The summed E-state index contributed by atoms with van der Waals surface area (Å²) >= 11 is 0. The van der Waals surface area contributed by atoms with Gasteiger partial charge in [0.1, 0.15) is 17.7 Å². The third-order valence-electron chi connectivity index (χ3n) is 6.04. The van der Waals surface area contributed by atoms with Crippen molar-refractivity contribution in [1.82, 2.24) is 5.32 Å². The smallest absolute Gasteiger partial charge is 0.415 e. The number of hydrogen-bond donors (Lipinski definition) is 1. The van der Waals surface area contributed by atoms with Crippen molar-refractivity contribution in [3.05, 3.63) is 59.7 Å². The molecule has 0 unspecified atom stereocenters. The van der Waals surface area contributed by atoms with Gasteiger partial charge in [-0.05, 0) is 44.0 Å². The predicted molar refractivity (Wildman–Crippen MR) is 129 cm³/mol. The number of carbonyl (C=O) groups excluding carboxylic acids is 3. The van der Waals surface area contributed by atoms with E-state index in [0.29, 0.717) is 31.7 Å². The van der Waals surface area contributed by atoms with Crippen molar-refractivity contribution in [3.63, 3.8) is 0 Å². The van der Waals surface area contributed by atoms with Crippen molar-refractivity contribution in [3.8, 4) is 0 Å². The molecule has 0 spiro atoms. The van der Waals surface area contributed by atoms with Crippen molar-refractivity contribution in [1.29, 1.82) is 0 Å². The molecule has 180 valence electrons. The Morgan fingerprint density at radius 1 is 0.912 bits per heavy atom. The fourth-order valence-electron chi connectivity index (χ4n) is 4.57. The highest BCUT2D eigenvalue weighted by atomic mass is 16.6. The van der Waals surface area contributed by atoms with E-state index in [2.05, 4.69) is 5.32 Å². The van der Waals surface area contributed by atoms with Crippen LogP contribution in [0.4, 0.5) is 16.2 Å². The molecule has 0 aromatic heterocycles. The molecule has 0 aliphatic carbocycles. The van der Waals surface area contributed by atoms with Gasteiger partial charge in [-0.1, -0.05) is 36.4 Å². The normalized spacial score (nSPS) is 18.9. The van der Waals surface area contributed by atoms with E-state index in [1.165, 1.54) is 4.90 Å². The van der Waals surface area contributed by atoms with Crippen LogP contribution in [0.2, 0.25) is 0 Å². The highest BCUT2D eigenvalue weighted by Gasteiger charge is 2.42. The molecule has 2 heterocycles. The largest absolute Gasteiger partial charge is 0.443 e. The molecular weight excluding hydrogens is 434 g/mol. The monoisotopic (exact) mass is 465 g/mol. The number of fused-ring (bicyclic) bond motifs is 2. The average Bonchev–Trinajstić information content (AvgIpc) is 3.35. The standard InChI is InChI=1S/C26H31N3O5/c1-26(2,3)34-25(32)29-20-12-8-6-10-18(20)16-22(29)24(31)27-23(30)21-15-17-9-5-7-11-19(17)28(21)13-14-33-4/h5-12,21-22H,13-16H2,1-4H3,(H,27,30,31)/t21-,22-/m0/s1. The molecule has 0 radical (unpaired) electrons. The number of methoxy groups -OCH3 is 1. The fraction of sp³-hybridized carbons (Fsp3) is 0.423. The molecule has 8 heteroatoms. The summed E-state index contributed by atoms with van der Waals surface area (Å²) in [6.45, 7) is 6.31. The van der Waals surface area contributed by atoms with Gasteiger partial charge in [-0.3, -0.25) is 19.8 Å². The zero-order chi connectivity index (χ0) is 24.5. The fourth-order valence-corrected chi connectivity index (χ4v) is 4.57. The first-order valence-corrected chi connectivity index (χ1v) is 11.5. The van der Waals surface area contributed by atoms with Gasteiger partial charge in [0.05, 0.1) is 12.3 Å². The first-order valence-electron chi connectivity index (χ1n) is 11.5. The van der Waals surface area contributed by atoms with Crippen LogP contribution in [0.15, 0.2) is 48.5 Å². The van der Waals surface area contributed by atoms with E-state index in [-0.39, 0.29) is 0 Å². The Balaban J connectivity index is 1.53. The quantitative estimate of drug-likeness (QED) is 0.683. The minimum absolute atomic E-state index is 0.312. The molecule has 0 fully saturated rings. The van der Waals surface area contributed by atoms with E-state index in [1.807, 2.05) is 47.4 Å². The van der Waals surface area contributed by atoms with Crippen LogP contribution in [-0.2, 0) is 31.9 Å². The van der Waals surface area contributed by atoms with Gasteiger partial charge >= 0.3 is 6.09 Å². The Morgan fingerprint density at radius 3 is 2.12 bits per heavy atom. The predicted octanol–water partition coefficient (Wildman–Crippen LogP) is 3.07. The molecule has 2 aromatic rings. The number of hydrogen-bond acceptors (Lipinski definition) is 6. The van der Waals surface area contributed by atoms with Crippen LogP contribution in [0.25, 0.3) is 0 Å². The summed E-state index contributed by atoms with van der Waals surface area (Å²) in [7, 11) is 1.61. The highest BCUT2D eigenvalue weighted by molar-refractivity contribution is 6.07. The number of ether oxygens (including phenoxy) is 2. The molecular formula is C26H31N3O5. The van der Waals surface area contributed by atoms with Crippen LogP contribution in [0.3, 0.4) is 0 Å². The minimum Gasteiger partial charge on any atom is -0.443 e. The second-order valence-electron chi connectivity index (χ2n) is 9.59. The summed E-state index contributed by atoms with van der Waals surface area (Å²) in [4.78, 5) is 43.0. The van der Waals surface area contributed by atoms with Crippen LogP contribution in [-0.4, -0.2) is 55.9 Å². The van der Waals surface area contributed by atoms with Crippen molar-refractivity contribution < 1.29 is 23.9 Å². The van der Waals surface area contributed by atoms with E-state index < -0.39 is 35.6 Å². The molecule has 2 aliphatic rings. The minimum atomic E-state index is -0.868. The number of imide groups is 1. The molecule has 1 N–H and O–H groups in total. The molecule has 0 bridgehead atoms. The lowest BCUT2D eigenvalue weighted by atomic mass is 10.1. The molecule has 0 saturated heterocycles. The highest BCUT2D eigenvalue weighted by Crippen LogP contribution is 2.34. The molecule has 2 aromatic carbocycles. The molecule has 2 atom stereocenters. The Morgan fingerprint density at radius 2 is 1.47 bits per heavy atom. The van der Waals surface area contributed by atoms with Gasteiger partial charge in [0.2, 0.25) is 11.8 Å². The maximum absolute atomic E-state index is 13.3. The molecule has 4 rings (SSSR count). The van der Waals surface area contributed by atoms with Crippen LogP contribution >= 0.6 is 0 Å². The van der Waals surface area contributed by atoms with E-state index in [9.17, 15) is 14.4 Å². The summed E-state index contributed by atoms with van der Waals surface area (Å²) in [5.74, 6) is -0.910.